The minimum atomic E-state index is 0.212. The third kappa shape index (κ3) is 2.64. The van der Waals surface area contributed by atoms with Crippen molar-refractivity contribution in [2.24, 2.45) is 0 Å². The smallest absolute Gasteiger partial charge is 0.226 e. The molecule has 3 aromatic rings. The Bertz CT molecular complexity index is 723. The van der Waals surface area contributed by atoms with Gasteiger partial charge in [0.25, 0.3) is 0 Å². The molecule has 0 aliphatic heterocycles. The van der Waals surface area contributed by atoms with E-state index in [1.165, 1.54) is 0 Å². The van der Waals surface area contributed by atoms with Crippen molar-refractivity contribution in [2.75, 3.05) is 5.32 Å². The van der Waals surface area contributed by atoms with Crippen molar-refractivity contribution in [3.8, 4) is 0 Å². The van der Waals surface area contributed by atoms with Crippen LogP contribution in [0, 0.1) is 0 Å². The number of aromatic nitrogens is 3. The van der Waals surface area contributed by atoms with Gasteiger partial charge in [-0.25, -0.2) is 4.98 Å². The summed E-state index contributed by atoms with van der Waals surface area (Å²) in [6.07, 6.45) is 1.81. The molecule has 19 heavy (non-hydrogen) atoms. The number of nitrogens with one attached hydrogen (secondary N) is 2. The highest BCUT2D eigenvalue weighted by atomic mass is 35.5. The summed E-state index contributed by atoms with van der Waals surface area (Å²) in [5.41, 5.74) is 1.79. The fourth-order valence-corrected chi connectivity index (χ4v) is 2.26. The van der Waals surface area contributed by atoms with E-state index in [-0.39, 0.29) is 5.28 Å². The van der Waals surface area contributed by atoms with E-state index in [1.54, 1.807) is 6.20 Å². The van der Waals surface area contributed by atoms with Crippen molar-refractivity contribution in [3.63, 3.8) is 0 Å². The maximum absolute atomic E-state index is 5.95. The first-order valence-electron chi connectivity index (χ1n) is 5.71. The van der Waals surface area contributed by atoms with Gasteiger partial charge in [-0.2, -0.15) is 4.98 Å². The zero-order valence-electron chi connectivity index (χ0n) is 9.82. The van der Waals surface area contributed by atoms with E-state index in [0.29, 0.717) is 23.0 Å². The first-order valence-corrected chi connectivity index (χ1v) is 6.47. The highest BCUT2D eigenvalue weighted by molar-refractivity contribution is 6.30. The predicted molar refractivity (Wildman–Crippen MR) is 77.7 cm³/mol. The number of fused-ring (bicyclic) bond motifs is 1. The van der Waals surface area contributed by atoms with E-state index in [1.807, 2.05) is 30.3 Å². The number of halogens is 2. The molecule has 0 saturated carbocycles. The van der Waals surface area contributed by atoms with E-state index in [2.05, 4.69) is 20.3 Å². The minimum Gasteiger partial charge on any atom is -0.365 e. The summed E-state index contributed by atoms with van der Waals surface area (Å²) < 4.78 is 0. The number of hydrogen-bond donors (Lipinski definition) is 2. The van der Waals surface area contributed by atoms with Crippen LogP contribution in [-0.4, -0.2) is 15.0 Å². The van der Waals surface area contributed by atoms with Crippen molar-refractivity contribution >= 4 is 40.1 Å². The molecule has 0 bridgehead atoms. The van der Waals surface area contributed by atoms with Gasteiger partial charge in [0.2, 0.25) is 5.28 Å². The van der Waals surface area contributed by atoms with Gasteiger partial charge >= 0.3 is 0 Å². The number of anilines is 1. The van der Waals surface area contributed by atoms with Crippen LogP contribution in [0.4, 0.5) is 5.82 Å². The van der Waals surface area contributed by atoms with Crippen LogP contribution in [0.3, 0.4) is 0 Å². The molecule has 2 aromatic heterocycles. The summed E-state index contributed by atoms with van der Waals surface area (Å²) in [4.78, 5) is 11.3. The highest BCUT2D eigenvalue weighted by Gasteiger charge is 2.07. The van der Waals surface area contributed by atoms with Crippen molar-refractivity contribution in [3.05, 3.63) is 52.4 Å². The van der Waals surface area contributed by atoms with E-state index in [0.717, 1.165) is 10.9 Å². The lowest BCUT2D eigenvalue weighted by Gasteiger charge is -2.07. The maximum atomic E-state index is 5.95. The normalized spacial score (nSPS) is 10.8. The molecule has 0 atom stereocenters. The van der Waals surface area contributed by atoms with Crippen molar-refractivity contribution in [2.45, 2.75) is 6.54 Å². The predicted octanol–water partition coefficient (Wildman–Crippen LogP) is 3.88. The SMILES string of the molecule is Clc1cccc(CNc2nc(Cl)nc3[nH]ccc23)c1. The fourth-order valence-electron chi connectivity index (χ4n) is 1.88. The van der Waals surface area contributed by atoms with Crippen LogP contribution in [-0.2, 0) is 6.54 Å². The van der Waals surface area contributed by atoms with E-state index >= 15 is 0 Å². The molecule has 0 amide bonds. The molecule has 4 nitrogen and oxygen atoms in total. The van der Waals surface area contributed by atoms with Gasteiger partial charge < -0.3 is 10.3 Å². The van der Waals surface area contributed by atoms with Gasteiger partial charge in [-0.1, -0.05) is 23.7 Å². The Morgan fingerprint density at radius 2 is 2.05 bits per heavy atom. The van der Waals surface area contributed by atoms with Gasteiger partial charge in [-0.15, -0.1) is 0 Å². The van der Waals surface area contributed by atoms with E-state index in [4.69, 9.17) is 23.2 Å². The van der Waals surface area contributed by atoms with Gasteiger partial charge in [-0.05, 0) is 35.4 Å². The summed E-state index contributed by atoms with van der Waals surface area (Å²) in [6, 6.07) is 9.57. The van der Waals surface area contributed by atoms with E-state index < -0.39 is 0 Å². The summed E-state index contributed by atoms with van der Waals surface area (Å²) in [5.74, 6) is 0.705. The second-order valence-electron chi connectivity index (χ2n) is 4.06. The summed E-state index contributed by atoms with van der Waals surface area (Å²) >= 11 is 11.8. The number of hydrogen-bond acceptors (Lipinski definition) is 3. The molecule has 2 heterocycles. The third-order valence-corrected chi connectivity index (χ3v) is 3.14. The van der Waals surface area contributed by atoms with Crippen LogP contribution in [0.2, 0.25) is 10.3 Å². The fraction of sp³-hybridized carbons (Fsp3) is 0.0769. The van der Waals surface area contributed by atoms with Gasteiger partial charge in [0, 0.05) is 17.8 Å². The van der Waals surface area contributed by atoms with E-state index in [9.17, 15) is 0 Å². The molecule has 0 unspecified atom stereocenters. The standard InChI is InChI=1S/C13H10Cl2N4/c14-9-3-1-2-8(6-9)7-17-12-10-4-5-16-11(10)18-13(15)19-12/h1-6H,7H2,(H2,16,17,18,19). The topological polar surface area (TPSA) is 53.6 Å². The molecular formula is C13H10Cl2N4. The zero-order valence-corrected chi connectivity index (χ0v) is 11.3. The summed E-state index contributed by atoms with van der Waals surface area (Å²) in [7, 11) is 0. The van der Waals surface area contributed by atoms with Gasteiger partial charge in [0.1, 0.15) is 11.5 Å². The van der Waals surface area contributed by atoms with Crippen LogP contribution in [0.5, 0.6) is 0 Å². The number of benzene rings is 1. The average Bonchev–Trinajstić information content (AvgIpc) is 2.84. The van der Waals surface area contributed by atoms with Crippen molar-refractivity contribution in [1.82, 2.24) is 15.0 Å². The van der Waals surface area contributed by atoms with Gasteiger partial charge in [-0.3, -0.25) is 0 Å². The van der Waals surface area contributed by atoms with Crippen LogP contribution >= 0.6 is 23.2 Å². The highest BCUT2D eigenvalue weighted by Crippen LogP contribution is 2.21. The lowest BCUT2D eigenvalue weighted by Crippen LogP contribution is -2.02. The minimum absolute atomic E-state index is 0.212. The monoisotopic (exact) mass is 292 g/mol. The number of H-pyrrole nitrogens is 1. The number of aromatic amines is 1. The average molecular weight is 293 g/mol. The molecule has 2 N–H and O–H groups in total. The second kappa shape index (κ2) is 5.07. The molecule has 6 heteroatoms. The maximum Gasteiger partial charge on any atom is 0.226 e. The molecule has 0 fully saturated rings. The Hall–Kier alpha value is -1.78. The Morgan fingerprint density at radius 3 is 2.89 bits per heavy atom. The molecular weight excluding hydrogens is 283 g/mol. The Labute approximate surface area is 119 Å². The molecule has 0 saturated heterocycles. The Morgan fingerprint density at radius 1 is 1.16 bits per heavy atom. The quantitative estimate of drug-likeness (QED) is 0.721. The molecule has 3 rings (SSSR count). The first kappa shape index (κ1) is 12.3. The van der Waals surface area contributed by atoms with Crippen molar-refractivity contribution in [1.29, 1.82) is 0 Å². The molecule has 0 aliphatic carbocycles. The second-order valence-corrected chi connectivity index (χ2v) is 4.84. The van der Waals surface area contributed by atoms with Crippen LogP contribution in [0.1, 0.15) is 5.56 Å². The molecule has 1 aromatic carbocycles. The Balaban J connectivity index is 1.87. The largest absolute Gasteiger partial charge is 0.365 e. The van der Waals surface area contributed by atoms with Crippen molar-refractivity contribution < 1.29 is 0 Å². The molecule has 0 radical (unpaired) electrons. The number of rotatable bonds is 3. The molecule has 96 valence electrons. The molecule has 0 spiro atoms. The lowest BCUT2D eigenvalue weighted by molar-refractivity contribution is 1.10. The summed E-state index contributed by atoms with van der Waals surface area (Å²) in [6.45, 7) is 0.619. The third-order valence-electron chi connectivity index (χ3n) is 2.74. The van der Waals surface area contributed by atoms with Crippen LogP contribution < -0.4 is 5.32 Å². The zero-order chi connectivity index (χ0) is 13.2. The number of nitrogens with zero attached hydrogens (tertiary/aromatic N) is 2. The lowest BCUT2D eigenvalue weighted by atomic mass is 10.2. The van der Waals surface area contributed by atoms with Gasteiger partial charge in [0.15, 0.2) is 0 Å². The van der Waals surface area contributed by atoms with Gasteiger partial charge in [0.05, 0.1) is 5.39 Å². The molecule has 0 aliphatic rings. The first-order chi connectivity index (χ1) is 9.22. The Kier molecular flexibility index (Phi) is 3.27. The van der Waals surface area contributed by atoms with Crippen LogP contribution in [0.15, 0.2) is 36.5 Å². The van der Waals surface area contributed by atoms with Crippen LogP contribution in [0.25, 0.3) is 11.0 Å². The summed E-state index contributed by atoms with van der Waals surface area (Å²) in [5, 5.41) is 5.08.